The van der Waals surface area contributed by atoms with Crippen LogP contribution in [0.1, 0.15) is 11.5 Å². The summed E-state index contributed by atoms with van der Waals surface area (Å²) in [6.07, 6.45) is -0.856. The maximum absolute atomic E-state index is 10.6. The Morgan fingerprint density at radius 1 is 1.09 bits per heavy atom. The number of anilines is 1. The first-order valence-electron chi connectivity index (χ1n) is 10.9. The Bertz CT molecular complexity index is 1110. The number of aliphatic carboxylic acids is 1. The van der Waals surface area contributed by atoms with Crippen LogP contribution in [0.2, 0.25) is 0 Å². The molecule has 0 atom stereocenters. The molecule has 2 fully saturated rings. The summed E-state index contributed by atoms with van der Waals surface area (Å²) in [5.74, 6) is -0.747. The molecular weight excluding hydrogens is 467 g/mol. The summed E-state index contributed by atoms with van der Waals surface area (Å²) >= 11 is 0. The largest absolute Gasteiger partial charge is 0.490 e. The Balaban J connectivity index is 0.000000364. The van der Waals surface area contributed by atoms with Gasteiger partial charge >= 0.3 is 12.1 Å². The van der Waals surface area contributed by atoms with Crippen LogP contribution in [-0.4, -0.2) is 76.6 Å². The average molecular weight is 491 g/mol. The Morgan fingerprint density at radius 3 is 2.31 bits per heavy atom. The van der Waals surface area contributed by atoms with Crippen molar-refractivity contribution in [2.24, 2.45) is 0 Å². The molecule has 0 aliphatic carbocycles. The molecule has 3 N–H and O–H groups in total. The van der Waals surface area contributed by atoms with Crippen LogP contribution in [0.5, 0.6) is 0 Å². The minimum Gasteiger partial charge on any atom is -0.475 e. The number of aromatic nitrogens is 4. The van der Waals surface area contributed by atoms with Crippen molar-refractivity contribution < 1.29 is 27.6 Å². The molecule has 10 nitrogen and oxygen atoms in total. The van der Waals surface area contributed by atoms with Crippen LogP contribution in [0.15, 0.2) is 47.2 Å². The van der Waals surface area contributed by atoms with Crippen LogP contribution >= 0.6 is 0 Å². The lowest BCUT2D eigenvalue weighted by Gasteiger charge is -2.42. The topological polar surface area (TPSA) is 129 Å². The van der Waals surface area contributed by atoms with Gasteiger partial charge in [0.05, 0.1) is 12.4 Å². The Kier molecular flexibility index (Phi) is 7.26. The van der Waals surface area contributed by atoms with Gasteiger partial charge in [0.2, 0.25) is 11.7 Å². The zero-order valence-corrected chi connectivity index (χ0v) is 18.6. The molecule has 5 rings (SSSR count). The van der Waals surface area contributed by atoms with Gasteiger partial charge in [0.1, 0.15) is 11.5 Å². The number of alkyl halides is 3. The van der Waals surface area contributed by atoms with Gasteiger partial charge in [-0.3, -0.25) is 0 Å². The standard InChI is InChI=1S/C20H23N7O.C2HF3O2/c1-2-4-15(5-3-1)20(13-22-14-20)10-18-25-19(26-28-18)16-11-24-17(12-23-16)27-8-6-21-7-9-27;3-2(4,5)1(6)7/h1-5,11-12,21-22H,6-10,13-14H2;(H,6,7). The van der Waals surface area contributed by atoms with Crippen LogP contribution in [0, 0.1) is 0 Å². The summed E-state index contributed by atoms with van der Waals surface area (Å²) in [6, 6.07) is 10.5. The third-order valence-electron chi connectivity index (χ3n) is 5.82. The summed E-state index contributed by atoms with van der Waals surface area (Å²) in [5.41, 5.74) is 1.95. The number of halogens is 3. The fraction of sp³-hybridized carbons (Fsp3) is 0.409. The number of carbonyl (C=O) groups is 1. The zero-order chi connectivity index (χ0) is 24.9. The van der Waals surface area contributed by atoms with E-state index >= 15 is 0 Å². The summed E-state index contributed by atoms with van der Waals surface area (Å²) in [6.45, 7) is 5.64. The quantitative estimate of drug-likeness (QED) is 0.485. The van der Waals surface area contributed by atoms with Gasteiger partial charge in [-0.2, -0.15) is 18.2 Å². The van der Waals surface area contributed by atoms with Gasteiger partial charge in [-0.25, -0.2) is 14.8 Å². The molecule has 0 saturated carbocycles. The molecule has 2 saturated heterocycles. The van der Waals surface area contributed by atoms with Crippen molar-refractivity contribution in [2.75, 3.05) is 44.2 Å². The van der Waals surface area contributed by atoms with Crippen molar-refractivity contribution in [2.45, 2.75) is 18.0 Å². The van der Waals surface area contributed by atoms with Crippen LogP contribution < -0.4 is 15.5 Å². The van der Waals surface area contributed by atoms with Crippen LogP contribution in [0.4, 0.5) is 19.0 Å². The number of piperazine rings is 1. The minimum absolute atomic E-state index is 0.0168. The number of carboxylic acids is 1. The zero-order valence-electron chi connectivity index (χ0n) is 18.6. The van der Waals surface area contributed by atoms with Gasteiger partial charge in [0.25, 0.3) is 0 Å². The molecular formula is C22H24F3N7O3. The molecule has 4 heterocycles. The maximum atomic E-state index is 10.6. The molecule has 0 radical (unpaired) electrons. The highest BCUT2D eigenvalue weighted by Gasteiger charge is 2.40. The lowest BCUT2D eigenvalue weighted by Crippen LogP contribution is -2.58. The van der Waals surface area contributed by atoms with E-state index in [4.69, 9.17) is 14.4 Å². The highest BCUT2D eigenvalue weighted by molar-refractivity contribution is 5.73. The van der Waals surface area contributed by atoms with Gasteiger partial charge in [0, 0.05) is 51.1 Å². The van der Waals surface area contributed by atoms with E-state index < -0.39 is 12.1 Å². The van der Waals surface area contributed by atoms with E-state index in [-0.39, 0.29) is 5.41 Å². The summed E-state index contributed by atoms with van der Waals surface area (Å²) < 4.78 is 37.3. The number of nitrogens with zero attached hydrogens (tertiary/aromatic N) is 5. The molecule has 0 amide bonds. The lowest BCUT2D eigenvalue weighted by atomic mass is 9.72. The van der Waals surface area contributed by atoms with Gasteiger partial charge in [0.15, 0.2) is 0 Å². The van der Waals surface area contributed by atoms with Gasteiger partial charge < -0.3 is 25.2 Å². The first-order chi connectivity index (χ1) is 16.8. The van der Waals surface area contributed by atoms with Crippen molar-refractivity contribution in [3.8, 4) is 11.5 Å². The molecule has 2 aromatic heterocycles. The van der Waals surface area contributed by atoms with Gasteiger partial charge in [-0.15, -0.1) is 0 Å². The first-order valence-corrected chi connectivity index (χ1v) is 10.9. The Hall–Kier alpha value is -3.58. The molecule has 0 unspecified atom stereocenters. The predicted octanol–water partition coefficient (Wildman–Crippen LogP) is 1.65. The molecule has 0 spiro atoms. The van der Waals surface area contributed by atoms with Crippen LogP contribution in [-0.2, 0) is 16.6 Å². The summed E-state index contributed by atoms with van der Waals surface area (Å²) in [4.78, 5) is 24.7. The number of hydrogen-bond donors (Lipinski definition) is 3. The number of carboxylic acid groups (broad SMARTS) is 1. The maximum Gasteiger partial charge on any atom is 0.490 e. The minimum atomic E-state index is -5.08. The van der Waals surface area contributed by atoms with E-state index in [9.17, 15) is 13.2 Å². The second-order valence-electron chi connectivity index (χ2n) is 8.24. The highest BCUT2D eigenvalue weighted by Crippen LogP contribution is 2.32. The van der Waals surface area contributed by atoms with Crippen molar-refractivity contribution in [1.82, 2.24) is 30.7 Å². The molecule has 0 bridgehead atoms. The SMILES string of the molecule is O=C(O)C(F)(F)F.c1ccc(C2(Cc3nc(-c4cnc(N5CCNCC5)cn4)no3)CNC2)cc1. The van der Waals surface area contributed by atoms with Crippen molar-refractivity contribution >= 4 is 11.8 Å². The van der Waals surface area contributed by atoms with Crippen molar-refractivity contribution in [3.63, 3.8) is 0 Å². The third-order valence-corrected chi connectivity index (χ3v) is 5.82. The smallest absolute Gasteiger partial charge is 0.475 e. The number of rotatable bonds is 5. The fourth-order valence-corrected chi connectivity index (χ4v) is 3.86. The van der Waals surface area contributed by atoms with Crippen molar-refractivity contribution in [3.05, 3.63) is 54.2 Å². The lowest BCUT2D eigenvalue weighted by molar-refractivity contribution is -0.192. The molecule has 2 aliphatic heterocycles. The molecule has 1 aromatic carbocycles. The highest BCUT2D eigenvalue weighted by atomic mass is 19.4. The average Bonchev–Trinajstić information content (AvgIpc) is 3.31. The first kappa shape index (κ1) is 24.5. The molecule has 13 heteroatoms. The normalized spacial score (nSPS) is 17.2. The number of benzene rings is 1. The second-order valence-corrected chi connectivity index (χ2v) is 8.24. The van der Waals surface area contributed by atoms with Gasteiger partial charge in [-0.1, -0.05) is 35.5 Å². The summed E-state index contributed by atoms with van der Waals surface area (Å²) in [5, 5.41) is 18.0. The van der Waals surface area contributed by atoms with Crippen LogP contribution in [0.25, 0.3) is 11.5 Å². The monoisotopic (exact) mass is 491 g/mol. The predicted molar refractivity (Wildman–Crippen MR) is 119 cm³/mol. The Morgan fingerprint density at radius 2 is 1.77 bits per heavy atom. The Labute approximate surface area is 198 Å². The van der Waals surface area contributed by atoms with E-state index in [2.05, 4.69) is 59.9 Å². The molecule has 2 aliphatic rings. The third kappa shape index (κ3) is 5.92. The molecule has 186 valence electrons. The van der Waals surface area contributed by atoms with E-state index in [0.29, 0.717) is 23.8 Å². The molecule has 35 heavy (non-hydrogen) atoms. The fourth-order valence-electron chi connectivity index (χ4n) is 3.86. The van der Waals surface area contributed by atoms with Crippen LogP contribution in [0.3, 0.4) is 0 Å². The second kappa shape index (κ2) is 10.4. The van der Waals surface area contributed by atoms with E-state index in [1.165, 1.54) is 5.56 Å². The summed E-state index contributed by atoms with van der Waals surface area (Å²) in [7, 11) is 0. The molecule has 3 aromatic rings. The number of nitrogens with one attached hydrogen (secondary N) is 2. The van der Waals surface area contributed by atoms with Gasteiger partial charge in [-0.05, 0) is 5.56 Å². The van der Waals surface area contributed by atoms with E-state index in [0.717, 1.165) is 45.1 Å². The van der Waals surface area contributed by atoms with E-state index in [1.54, 1.807) is 12.4 Å². The number of hydrogen-bond acceptors (Lipinski definition) is 9. The van der Waals surface area contributed by atoms with E-state index in [1.807, 2.05) is 6.07 Å². The van der Waals surface area contributed by atoms with Crippen molar-refractivity contribution in [1.29, 1.82) is 0 Å².